The summed E-state index contributed by atoms with van der Waals surface area (Å²) in [6.45, 7) is 2.00. The van der Waals surface area contributed by atoms with Crippen molar-refractivity contribution < 1.29 is 8.78 Å². The van der Waals surface area contributed by atoms with Crippen molar-refractivity contribution in [1.82, 2.24) is 25.4 Å². The highest BCUT2D eigenvalue weighted by Gasteiger charge is 2.20. The SMILES string of the molecule is Cc1ccccc1[C@H](Nc1cc(Cl)c2ncc(C#N)c(Nc3cnc(F)c(F)c3)c2c1)c1cn[nH]n1. The first-order chi connectivity index (χ1) is 17.4. The zero-order valence-electron chi connectivity index (χ0n) is 18.7. The summed E-state index contributed by atoms with van der Waals surface area (Å²) in [5.41, 5.74) is 4.41. The highest BCUT2D eigenvalue weighted by molar-refractivity contribution is 6.36. The van der Waals surface area contributed by atoms with Crippen molar-refractivity contribution in [3.63, 3.8) is 0 Å². The average Bonchev–Trinajstić information content (AvgIpc) is 3.40. The molecule has 0 aliphatic heterocycles. The number of aromatic nitrogens is 5. The molecule has 0 saturated carbocycles. The molecule has 0 bridgehead atoms. The molecule has 178 valence electrons. The van der Waals surface area contributed by atoms with Crippen LogP contribution in [0.1, 0.15) is 28.4 Å². The third-order valence-corrected chi connectivity index (χ3v) is 5.94. The van der Waals surface area contributed by atoms with Crippen LogP contribution in [0.4, 0.5) is 25.8 Å². The molecule has 3 N–H and O–H groups in total. The van der Waals surface area contributed by atoms with Crippen LogP contribution in [0.2, 0.25) is 5.02 Å². The molecule has 1 atom stereocenters. The molecule has 0 saturated heterocycles. The summed E-state index contributed by atoms with van der Waals surface area (Å²) in [4.78, 5) is 7.73. The second kappa shape index (κ2) is 9.56. The smallest absolute Gasteiger partial charge is 0.249 e. The van der Waals surface area contributed by atoms with Gasteiger partial charge in [-0.3, -0.25) is 4.98 Å². The summed E-state index contributed by atoms with van der Waals surface area (Å²) < 4.78 is 27.1. The van der Waals surface area contributed by atoms with E-state index in [1.54, 1.807) is 18.3 Å². The molecule has 0 fully saturated rings. The van der Waals surface area contributed by atoms with Gasteiger partial charge in [-0.25, -0.2) is 9.37 Å². The van der Waals surface area contributed by atoms with E-state index in [0.717, 1.165) is 23.4 Å². The first-order valence-electron chi connectivity index (χ1n) is 10.7. The van der Waals surface area contributed by atoms with Crippen LogP contribution in [0.5, 0.6) is 0 Å². The van der Waals surface area contributed by atoms with Crippen LogP contribution in [-0.4, -0.2) is 25.4 Å². The van der Waals surface area contributed by atoms with Crippen molar-refractivity contribution >= 4 is 39.6 Å². The third kappa shape index (κ3) is 4.39. The highest BCUT2D eigenvalue weighted by Crippen LogP contribution is 2.37. The molecule has 8 nitrogen and oxygen atoms in total. The van der Waals surface area contributed by atoms with Gasteiger partial charge in [-0.2, -0.15) is 25.1 Å². The topological polar surface area (TPSA) is 115 Å². The van der Waals surface area contributed by atoms with Gasteiger partial charge in [0.25, 0.3) is 0 Å². The number of aryl methyl sites for hydroxylation is 1. The highest BCUT2D eigenvalue weighted by atomic mass is 35.5. The Bertz CT molecular complexity index is 1620. The van der Waals surface area contributed by atoms with E-state index in [9.17, 15) is 14.0 Å². The van der Waals surface area contributed by atoms with Gasteiger partial charge in [-0.1, -0.05) is 35.9 Å². The van der Waals surface area contributed by atoms with E-state index < -0.39 is 11.8 Å². The Morgan fingerprint density at radius 1 is 1.06 bits per heavy atom. The minimum Gasteiger partial charge on any atom is -0.373 e. The van der Waals surface area contributed by atoms with E-state index in [1.165, 1.54) is 6.20 Å². The summed E-state index contributed by atoms with van der Waals surface area (Å²) in [6.07, 6.45) is 4.13. The molecular formula is C25H17ClF2N8. The number of fused-ring (bicyclic) bond motifs is 1. The first kappa shape index (κ1) is 23.1. The molecule has 5 rings (SSSR count). The summed E-state index contributed by atoms with van der Waals surface area (Å²) in [5.74, 6) is -2.34. The molecule has 0 unspecified atom stereocenters. The number of nitriles is 1. The van der Waals surface area contributed by atoms with Gasteiger partial charge in [-0.15, -0.1) is 0 Å². The van der Waals surface area contributed by atoms with Crippen molar-refractivity contribution in [2.45, 2.75) is 13.0 Å². The first-order valence-corrected chi connectivity index (χ1v) is 11.1. The molecule has 0 aliphatic carbocycles. The third-order valence-electron chi connectivity index (χ3n) is 5.65. The zero-order chi connectivity index (χ0) is 25.2. The number of hydrogen-bond acceptors (Lipinski definition) is 7. The van der Waals surface area contributed by atoms with E-state index in [1.807, 2.05) is 31.2 Å². The Kier molecular flexibility index (Phi) is 6.14. The standard InChI is InChI=1S/C25H17ClF2N8/c1-13-4-2-3-5-17(13)24(21-12-32-36-35-21)33-15-6-18-22(34-16-8-20(27)25(28)31-11-16)14(9-29)10-30-23(18)19(26)7-15/h2-8,10-12,24,33H,1H3,(H,30,34)(H,32,35,36)/t24-/m0/s1. The lowest BCUT2D eigenvalue weighted by Gasteiger charge is -2.21. The van der Waals surface area contributed by atoms with Gasteiger partial charge in [0.2, 0.25) is 5.95 Å². The van der Waals surface area contributed by atoms with Crippen LogP contribution in [0.25, 0.3) is 10.9 Å². The maximum absolute atomic E-state index is 13.8. The van der Waals surface area contributed by atoms with Gasteiger partial charge in [-0.05, 0) is 30.2 Å². The molecule has 5 aromatic rings. The van der Waals surface area contributed by atoms with E-state index in [0.29, 0.717) is 33.0 Å². The zero-order valence-corrected chi connectivity index (χ0v) is 19.5. The van der Waals surface area contributed by atoms with Gasteiger partial charge >= 0.3 is 0 Å². The van der Waals surface area contributed by atoms with E-state index in [-0.39, 0.29) is 17.3 Å². The number of rotatable bonds is 6. The van der Waals surface area contributed by atoms with Crippen LogP contribution >= 0.6 is 11.6 Å². The fraction of sp³-hybridized carbons (Fsp3) is 0.0800. The summed E-state index contributed by atoms with van der Waals surface area (Å²) in [5, 5.41) is 27.8. The number of pyridine rings is 2. The molecule has 0 amide bonds. The minimum absolute atomic E-state index is 0.160. The second-order valence-electron chi connectivity index (χ2n) is 7.96. The van der Waals surface area contributed by atoms with E-state index >= 15 is 0 Å². The quantitative estimate of drug-likeness (QED) is 0.251. The van der Waals surface area contributed by atoms with Gasteiger partial charge in [0.15, 0.2) is 5.82 Å². The number of halogens is 3. The molecule has 36 heavy (non-hydrogen) atoms. The Balaban J connectivity index is 1.63. The van der Waals surface area contributed by atoms with Crippen LogP contribution in [0.3, 0.4) is 0 Å². The fourth-order valence-corrected chi connectivity index (χ4v) is 4.20. The summed E-state index contributed by atoms with van der Waals surface area (Å²) in [6, 6.07) is 14.0. The minimum atomic E-state index is -1.22. The van der Waals surface area contributed by atoms with Crippen LogP contribution in [-0.2, 0) is 0 Å². The van der Waals surface area contributed by atoms with Crippen LogP contribution in [0.15, 0.2) is 61.1 Å². The van der Waals surface area contributed by atoms with Crippen molar-refractivity contribution in [2.75, 3.05) is 10.6 Å². The molecular weight excluding hydrogens is 486 g/mol. The van der Waals surface area contributed by atoms with Crippen LogP contribution < -0.4 is 10.6 Å². The van der Waals surface area contributed by atoms with Crippen molar-refractivity contribution in [3.05, 3.63) is 100 Å². The lowest BCUT2D eigenvalue weighted by molar-refractivity contribution is 0.480. The van der Waals surface area contributed by atoms with Gasteiger partial charge < -0.3 is 10.6 Å². The Morgan fingerprint density at radius 3 is 2.61 bits per heavy atom. The Labute approximate surface area is 209 Å². The average molecular weight is 503 g/mol. The molecule has 0 spiro atoms. The molecule has 0 aliphatic rings. The summed E-state index contributed by atoms with van der Waals surface area (Å²) >= 11 is 6.60. The largest absolute Gasteiger partial charge is 0.373 e. The number of H-pyrrole nitrogens is 1. The molecule has 3 heterocycles. The molecule has 11 heteroatoms. The number of benzene rings is 2. The van der Waals surface area contributed by atoms with Gasteiger partial charge in [0.05, 0.1) is 45.9 Å². The van der Waals surface area contributed by atoms with Gasteiger partial charge in [0.1, 0.15) is 11.8 Å². The predicted molar refractivity (Wildman–Crippen MR) is 132 cm³/mol. The fourth-order valence-electron chi connectivity index (χ4n) is 3.93. The van der Waals surface area contributed by atoms with E-state index in [4.69, 9.17) is 11.6 Å². The Hall–Kier alpha value is -4.62. The maximum Gasteiger partial charge on any atom is 0.249 e. The van der Waals surface area contributed by atoms with Crippen molar-refractivity contribution in [2.24, 2.45) is 0 Å². The lowest BCUT2D eigenvalue weighted by Crippen LogP contribution is -2.14. The number of nitrogens with one attached hydrogen (secondary N) is 3. The maximum atomic E-state index is 13.8. The van der Waals surface area contributed by atoms with Crippen molar-refractivity contribution in [3.8, 4) is 6.07 Å². The molecule has 2 aromatic carbocycles. The number of anilines is 3. The summed E-state index contributed by atoms with van der Waals surface area (Å²) in [7, 11) is 0. The normalized spacial score (nSPS) is 11.8. The van der Waals surface area contributed by atoms with Crippen molar-refractivity contribution in [1.29, 1.82) is 5.26 Å². The van der Waals surface area contributed by atoms with Gasteiger partial charge in [0, 0.05) is 23.3 Å². The molecule has 0 radical (unpaired) electrons. The monoisotopic (exact) mass is 502 g/mol. The number of hydrogen-bond donors (Lipinski definition) is 3. The number of nitrogens with zero attached hydrogens (tertiary/aromatic N) is 5. The lowest BCUT2D eigenvalue weighted by atomic mass is 9.98. The Morgan fingerprint density at radius 2 is 1.89 bits per heavy atom. The molecule has 3 aromatic heterocycles. The second-order valence-corrected chi connectivity index (χ2v) is 8.37. The predicted octanol–water partition coefficient (Wildman–Crippen LogP) is 5.80. The number of aromatic amines is 1. The van der Waals surface area contributed by atoms with E-state index in [2.05, 4.69) is 42.1 Å². The van der Waals surface area contributed by atoms with Crippen LogP contribution in [0, 0.1) is 30.0 Å².